The predicted molar refractivity (Wildman–Crippen MR) is 168 cm³/mol. The molecule has 2 aromatic carbocycles. The second-order valence-corrected chi connectivity index (χ2v) is 11.8. The van der Waals surface area contributed by atoms with Crippen LogP contribution in [0.2, 0.25) is 0 Å². The largest absolute Gasteiger partial charge is 0.390 e. The minimum atomic E-state index is -1.33. The Morgan fingerprint density at radius 2 is 1.63 bits per heavy atom. The Morgan fingerprint density at radius 1 is 0.935 bits per heavy atom. The molecule has 4 unspecified atom stereocenters. The van der Waals surface area contributed by atoms with Crippen LogP contribution in [0.15, 0.2) is 79.0 Å². The Bertz CT molecular complexity index is 1400. The zero-order valence-electron chi connectivity index (χ0n) is 25.9. The van der Waals surface area contributed by atoms with Crippen molar-refractivity contribution in [1.82, 2.24) is 31.7 Å². The SMILES string of the molecule is CONC1(C(=O)NC(Cc2ccccc2)C(O)CN(Cc2ccc(-c3ccccn3)cc2)NC(=O)C2(NO)CCOC2)CCOC1. The van der Waals surface area contributed by atoms with Crippen molar-refractivity contribution >= 4 is 11.8 Å². The van der Waals surface area contributed by atoms with E-state index >= 15 is 0 Å². The summed E-state index contributed by atoms with van der Waals surface area (Å²) in [5.74, 6) is -0.862. The molecule has 246 valence electrons. The topological polar surface area (TPSA) is 167 Å². The number of hydrogen-bond donors (Lipinski definition) is 6. The lowest BCUT2D eigenvalue weighted by molar-refractivity contribution is -0.140. The molecule has 0 radical (unpaired) electrons. The van der Waals surface area contributed by atoms with Crippen molar-refractivity contribution in [2.45, 2.75) is 49.0 Å². The summed E-state index contributed by atoms with van der Waals surface area (Å²) in [5.41, 5.74) is 8.92. The van der Waals surface area contributed by atoms with Crippen molar-refractivity contribution in [2.24, 2.45) is 0 Å². The standard InChI is InChI=1S/C33H42N6O7/c1-44-38-33(15-18-46-23-33)30(41)35-28(19-24-7-3-2-4-8-24)29(40)21-39(36-31(42)32(37-43)14-17-45-22-32)20-25-10-12-26(13-11-25)27-9-5-6-16-34-27/h2-13,16,28-29,37-38,40,43H,14-15,17-23H2,1H3,(H,35,41)(H,36,42). The summed E-state index contributed by atoms with van der Waals surface area (Å²) < 4.78 is 10.9. The Labute approximate surface area is 268 Å². The third kappa shape index (κ3) is 8.13. The molecule has 0 aliphatic carbocycles. The molecule has 0 saturated carbocycles. The number of hydrogen-bond acceptors (Lipinski definition) is 11. The lowest BCUT2D eigenvalue weighted by atomic mass is 9.95. The van der Waals surface area contributed by atoms with Gasteiger partial charge in [0.2, 0.25) is 5.91 Å². The third-order valence-electron chi connectivity index (χ3n) is 8.46. The maximum atomic E-state index is 13.6. The van der Waals surface area contributed by atoms with Crippen LogP contribution in [0.4, 0.5) is 0 Å². The molecule has 2 saturated heterocycles. The van der Waals surface area contributed by atoms with Gasteiger partial charge in [0.15, 0.2) is 0 Å². The second-order valence-electron chi connectivity index (χ2n) is 11.8. The number of amides is 2. The van der Waals surface area contributed by atoms with Crippen LogP contribution in [-0.2, 0) is 36.9 Å². The smallest absolute Gasteiger partial charge is 0.259 e. The molecule has 0 spiro atoms. The van der Waals surface area contributed by atoms with Crippen molar-refractivity contribution in [3.05, 3.63) is 90.1 Å². The van der Waals surface area contributed by atoms with Crippen LogP contribution in [0.1, 0.15) is 24.0 Å². The van der Waals surface area contributed by atoms with Gasteiger partial charge in [-0.1, -0.05) is 60.7 Å². The van der Waals surface area contributed by atoms with Gasteiger partial charge >= 0.3 is 0 Å². The first-order valence-electron chi connectivity index (χ1n) is 15.3. The maximum Gasteiger partial charge on any atom is 0.259 e. The number of aliphatic hydroxyl groups is 1. The van der Waals surface area contributed by atoms with Gasteiger partial charge in [0, 0.05) is 50.9 Å². The van der Waals surface area contributed by atoms with Crippen molar-refractivity contribution in [3.8, 4) is 11.3 Å². The number of aliphatic hydroxyl groups excluding tert-OH is 1. The Kier molecular flexibility index (Phi) is 11.4. The molecule has 2 amide bonds. The number of nitrogens with zero attached hydrogens (tertiary/aromatic N) is 2. The maximum absolute atomic E-state index is 13.6. The highest BCUT2D eigenvalue weighted by molar-refractivity contribution is 5.87. The fraction of sp³-hybridized carbons (Fsp3) is 0.424. The van der Waals surface area contributed by atoms with E-state index in [9.17, 15) is 19.9 Å². The van der Waals surface area contributed by atoms with Gasteiger partial charge in [-0.05, 0) is 29.7 Å². The summed E-state index contributed by atoms with van der Waals surface area (Å²) in [7, 11) is 1.44. The van der Waals surface area contributed by atoms with Crippen molar-refractivity contribution in [3.63, 3.8) is 0 Å². The first-order valence-corrected chi connectivity index (χ1v) is 15.3. The second kappa shape index (κ2) is 15.7. The Hall–Kier alpha value is -3.79. The van der Waals surface area contributed by atoms with E-state index in [1.807, 2.05) is 72.8 Å². The van der Waals surface area contributed by atoms with Gasteiger partial charge in [-0.2, -0.15) is 11.0 Å². The van der Waals surface area contributed by atoms with Crippen LogP contribution in [-0.4, -0.2) is 95.4 Å². The van der Waals surface area contributed by atoms with Gasteiger partial charge in [-0.15, -0.1) is 0 Å². The fourth-order valence-electron chi connectivity index (χ4n) is 5.70. The molecule has 2 fully saturated rings. The summed E-state index contributed by atoms with van der Waals surface area (Å²) in [4.78, 5) is 36.7. The van der Waals surface area contributed by atoms with Crippen LogP contribution in [0, 0.1) is 0 Å². The molecule has 46 heavy (non-hydrogen) atoms. The molecule has 13 nitrogen and oxygen atoms in total. The molecule has 3 aromatic rings. The van der Waals surface area contributed by atoms with E-state index in [-0.39, 0.29) is 38.6 Å². The Morgan fingerprint density at radius 3 is 2.24 bits per heavy atom. The molecule has 6 N–H and O–H groups in total. The number of ether oxygens (including phenoxy) is 2. The highest BCUT2D eigenvalue weighted by Crippen LogP contribution is 2.22. The van der Waals surface area contributed by atoms with E-state index in [2.05, 4.69) is 26.7 Å². The van der Waals surface area contributed by atoms with E-state index < -0.39 is 29.1 Å². The van der Waals surface area contributed by atoms with Crippen LogP contribution in [0.5, 0.6) is 0 Å². The van der Waals surface area contributed by atoms with Crippen LogP contribution >= 0.6 is 0 Å². The van der Waals surface area contributed by atoms with E-state index in [0.717, 1.165) is 22.4 Å². The highest BCUT2D eigenvalue weighted by atomic mass is 16.6. The molecule has 1 aromatic heterocycles. The van der Waals surface area contributed by atoms with Gasteiger partial charge in [0.05, 0.1) is 38.2 Å². The molecule has 0 bridgehead atoms. The Balaban J connectivity index is 1.37. The van der Waals surface area contributed by atoms with Gasteiger partial charge in [-0.25, -0.2) is 5.01 Å². The summed E-state index contributed by atoms with van der Waals surface area (Å²) in [6.45, 7) is 0.991. The summed E-state index contributed by atoms with van der Waals surface area (Å²) >= 11 is 0. The van der Waals surface area contributed by atoms with Crippen molar-refractivity contribution in [2.75, 3.05) is 40.1 Å². The molecular weight excluding hydrogens is 592 g/mol. The van der Waals surface area contributed by atoms with Crippen LogP contribution in [0.3, 0.4) is 0 Å². The molecule has 4 atom stereocenters. The quantitative estimate of drug-likeness (QED) is 0.133. The van der Waals surface area contributed by atoms with E-state index in [1.165, 1.54) is 7.11 Å². The summed E-state index contributed by atoms with van der Waals surface area (Å²) in [6, 6.07) is 22.2. The van der Waals surface area contributed by atoms with E-state index in [1.54, 1.807) is 11.2 Å². The highest BCUT2D eigenvalue weighted by Gasteiger charge is 2.45. The van der Waals surface area contributed by atoms with Crippen LogP contribution < -0.4 is 21.7 Å². The lowest BCUT2D eigenvalue weighted by Gasteiger charge is -2.35. The number of nitrogens with one attached hydrogen (secondary N) is 4. The van der Waals surface area contributed by atoms with Gasteiger partial charge in [0.25, 0.3) is 5.91 Å². The third-order valence-corrected chi connectivity index (χ3v) is 8.46. The first kappa shape index (κ1) is 33.6. The molecule has 5 rings (SSSR count). The first-order chi connectivity index (χ1) is 22.4. The zero-order valence-corrected chi connectivity index (χ0v) is 25.9. The van der Waals surface area contributed by atoms with Crippen molar-refractivity contribution < 1.29 is 34.2 Å². The number of carbonyl (C=O) groups excluding carboxylic acids is 2. The van der Waals surface area contributed by atoms with E-state index in [4.69, 9.17) is 14.3 Å². The predicted octanol–water partition coefficient (Wildman–Crippen LogP) is 1.12. The van der Waals surface area contributed by atoms with Crippen molar-refractivity contribution in [1.29, 1.82) is 0 Å². The lowest BCUT2D eigenvalue weighted by Crippen LogP contribution is -2.63. The number of hydrazine groups is 1. The number of pyridine rings is 1. The molecule has 2 aliphatic rings. The summed E-state index contributed by atoms with van der Waals surface area (Å²) in [5, 5.41) is 26.2. The monoisotopic (exact) mass is 634 g/mol. The molecule has 2 aliphatic heterocycles. The summed E-state index contributed by atoms with van der Waals surface area (Å²) in [6.07, 6.45) is 1.60. The number of carbonyl (C=O) groups is 2. The number of hydroxylamine groups is 2. The molecule has 3 heterocycles. The average Bonchev–Trinajstić information content (AvgIpc) is 3.77. The van der Waals surface area contributed by atoms with Gasteiger partial charge in [-0.3, -0.25) is 20.0 Å². The van der Waals surface area contributed by atoms with Gasteiger partial charge in [0.1, 0.15) is 11.1 Å². The number of rotatable bonds is 15. The van der Waals surface area contributed by atoms with Crippen LogP contribution in [0.25, 0.3) is 11.3 Å². The molecular formula is C33H42N6O7. The molecule has 13 heteroatoms. The fourth-order valence-corrected chi connectivity index (χ4v) is 5.70. The minimum Gasteiger partial charge on any atom is -0.390 e. The van der Waals surface area contributed by atoms with E-state index in [0.29, 0.717) is 26.1 Å². The average molecular weight is 635 g/mol. The number of benzene rings is 2. The zero-order chi connectivity index (χ0) is 32.4. The number of aromatic nitrogens is 1. The van der Waals surface area contributed by atoms with Gasteiger partial charge < -0.3 is 29.9 Å². The minimum absolute atomic E-state index is 0.00611. The normalized spacial score (nSPS) is 22.4.